The number of para-hydroxylation sites is 1. The second kappa shape index (κ2) is 7.70. The van der Waals surface area contributed by atoms with Gasteiger partial charge in [-0.25, -0.2) is 4.98 Å². The van der Waals surface area contributed by atoms with Gasteiger partial charge in [-0.1, -0.05) is 12.1 Å². The Morgan fingerprint density at radius 1 is 1.23 bits per heavy atom. The van der Waals surface area contributed by atoms with E-state index in [-0.39, 0.29) is 41.8 Å². The van der Waals surface area contributed by atoms with E-state index in [9.17, 15) is 19.7 Å². The van der Waals surface area contributed by atoms with Gasteiger partial charge in [0.2, 0.25) is 5.95 Å². The minimum absolute atomic E-state index is 0.106. The number of carbonyl (C=O) groups excluding carboxylic acids is 1. The maximum absolute atomic E-state index is 12.7. The molecule has 1 aliphatic heterocycles. The van der Waals surface area contributed by atoms with E-state index in [1.807, 2.05) is 0 Å². The summed E-state index contributed by atoms with van der Waals surface area (Å²) in [5.74, 6) is -0.238. The van der Waals surface area contributed by atoms with E-state index in [1.165, 1.54) is 10.6 Å². The molecule has 2 N–H and O–H groups in total. The number of aromatic nitrogens is 2. The molecule has 0 saturated heterocycles. The van der Waals surface area contributed by atoms with E-state index in [0.29, 0.717) is 17.4 Å². The Morgan fingerprint density at radius 2 is 1.93 bits per heavy atom. The Morgan fingerprint density at radius 3 is 2.63 bits per heavy atom. The van der Waals surface area contributed by atoms with Crippen LogP contribution in [0.5, 0.6) is 11.5 Å². The van der Waals surface area contributed by atoms with Gasteiger partial charge in [-0.15, -0.1) is 0 Å². The average Bonchev–Trinajstić information content (AvgIpc) is 2.76. The first kappa shape index (κ1) is 19.2. The normalized spacial score (nSPS) is 12.4. The Hall–Kier alpha value is -4.15. The lowest BCUT2D eigenvalue weighted by Gasteiger charge is -2.19. The SMILES string of the molecule is CCn1c(NNC(=O)c2cc3c(cc2[N+](=O)[O-])OCCO3)nc2ccccc2c1=O. The lowest BCUT2D eigenvalue weighted by atomic mass is 10.1. The topological polar surface area (TPSA) is 138 Å². The Kier molecular flexibility index (Phi) is 4.92. The first-order valence-corrected chi connectivity index (χ1v) is 9.13. The van der Waals surface area contributed by atoms with Crippen LogP contribution in [0.15, 0.2) is 41.2 Å². The highest BCUT2D eigenvalue weighted by atomic mass is 16.6. The van der Waals surface area contributed by atoms with Crippen LogP contribution in [0.1, 0.15) is 17.3 Å². The highest BCUT2D eigenvalue weighted by Gasteiger charge is 2.26. The van der Waals surface area contributed by atoms with Crippen molar-refractivity contribution < 1.29 is 19.2 Å². The van der Waals surface area contributed by atoms with Crippen molar-refractivity contribution in [3.63, 3.8) is 0 Å². The smallest absolute Gasteiger partial charge is 0.286 e. The van der Waals surface area contributed by atoms with E-state index in [1.54, 1.807) is 31.2 Å². The predicted octanol–water partition coefficient (Wildman–Crippen LogP) is 1.85. The number of nitrogens with zero attached hydrogens (tertiary/aromatic N) is 3. The first-order valence-electron chi connectivity index (χ1n) is 9.13. The summed E-state index contributed by atoms with van der Waals surface area (Å²) in [6.07, 6.45) is 0. The molecule has 1 amide bonds. The molecule has 2 heterocycles. The number of nitro groups is 1. The molecule has 2 aromatic carbocycles. The first-order chi connectivity index (χ1) is 14.5. The fraction of sp³-hybridized carbons (Fsp3) is 0.211. The second-order valence-corrected chi connectivity index (χ2v) is 6.35. The van der Waals surface area contributed by atoms with Gasteiger partial charge in [-0.2, -0.15) is 0 Å². The van der Waals surface area contributed by atoms with E-state index in [2.05, 4.69) is 15.8 Å². The van der Waals surface area contributed by atoms with Crippen molar-refractivity contribution in [2.45, 2.75) is 13.5 Å². The number of fused-ring (bicyclic) bond motifs is 2. The summed E-state index contributed by atoms with van der Waals surface area (Å²) in [7, 11) is 0. The molecule has 11 nitrogen and oxygen atoms in total. The summed E-state index contributed by atoms with van der Waals surface area (Å²) in [6.45, 7) is 2.60. The van der Waals surface area contributed by atoms with Crippen LogP contribution in [0, 0.1) is 10.1 Å². The maximum atomic E-state index is 12.7. The van der Waals surface area contributed by atoms with E-state index in [0.717, 1.165) is 6.07 Å². The van der Waals surface area contributed by atoms with Crippen molar-refractivity contribution in [2.24, 2.45) is 0 Å². The highest BCUT2D eigenvalue weighted by molar-refractivity contribution is 5.99. The minimum atomic E-state index is -0.788. The van der Waals surface area contributed by atoms with E-state index < -0.39 is 16.5 Å². The summed E-state index contributed by atoms with van der Waals surface area (Å²) in [4.78, 5) is 40.4. The van der Waals surface area contributed by atoms with Crippen molar-refractivity contribution in [3.05, 3.63) is 62.4 Å². The Labute approximate surface area is 169 Å². The van der Waals surface area contributed by atoms with Crippen LogP contribution < -0.4 is 25.9 Å². The summed E-state index contributed by atoms with van der Waals surface area (Å²) >= 11 is 0. The molecule has 0 saturated carbocycles. The molecule has 154 valence electrons. The van der Waals surface area contributed by atoms with Crippen LogP contribution >= 0.6 is 0 Å². The van der Waals surface area contributed by atoms with Gasteiger partial charge in [-0.05, 0) is 19.1 Å². The number of amides is 1. The van der Waals surface area contributed by atoms with Crippen molar-refractivity contribution in [3.8, 4) is 11.5 Å². The Balaban J connectivity index is 1.66. The molecular weight excluding hydrogens is 394 g/mol. The van der Waals surface area contributed by atoms with Crippen molar-refractivity contribution >= 4 is 28.4 Å². The number of ether oxygens (including phenoxy) is 2. The summed E-state index contributed by atoms with van der Waals surface area (Å²) in [5.41, 5.74) is 4.50. The van der Waals surface area contributed by atoms with Gasteiger partial charge in [0.25, 0.3) is 17.2 Å². The van der Waals surface area contributed by atoms with Gasteiger partial charge in [0.15, 0.2) is 11.5 Å². The van der Waals surface area contributed by atoms with E-state index in [4.69, 9.17) is 9.47 Å². The fourth-order valence-electron chi connectivity index (χ4n) is 3.15. The molecule has 0 bridgehead atoms. The zero-order valence-corrected chi connectivity index (χ0v) is 15.9. The van der Waals surface area contributed by atoms with Crippen LogP contribution in [0.3, 0.4) is 0 Å². The van der Waals surface area contributed by atoms with Crippen molar-refractivity contribution in [2.75, 3.05) is 18.6 Å². The number of hydrogen-bond acceptors (Lipinski definition) is 8. The van der Waals surface area contributed by atoms with Gasteiger partial charge in [0.1, 0.15) is 18.8 Å². The molecule has 0 spiro atoms. The van der Waals surface area contributed by atoms with Gasteiger partial charge in [-0.3, -0.25) is 35.1 Å². The molecule has 0 aliphatic carbocycles. The average molecular weight is 411 g/mol. The van der Waals surface area contributed by atoms with E-state index >= 15 is 0 Å². The number of benzene rings is 2. The van der Waals surface area contributed by atoms with Crippen LogP contribution in [0.4, 0.5) is 11.6 Å². The van der Waals surface area contributed by atoms with Gasteiger partial charge >= 0.3 is 0 Å². The molecule has 0 unspecified atom stereocenters. The summed E-state index contributed by atoms with van der Waals surface area (Å²) in [6, 6.07) is 9.23. The predicted molar refractivity (Wildman–Crippen MR) is 107 cm³/mol. The van der Waals surface area contributed by atoms with Crippen LogP contribution in [0.2, 0.25) is 0 Å². The number of rotatable bonds is 5. The highest BCUT2D eigenvalue weighted by Crippen LogP contribution is 2.36. The number of hydrazine groups is 1. The number of carbonyl (C=O) groups is 1. The number of nitrogens with one attached hydrogen (secondary N) is 2. The molecule has 0 atom stereocenters. The number of nitro benzene ring substituents is 1. The van der Waals surface area contributed by atoms with Crippen LogP contribution in [-0.2, 0) is 6.54 Å². The molecule has 4 rings (SSSR count). The second-order valence-electron chi connectivity index (χ2n) is 6.35. The van der Waals surface area contributed by atoms with Gasteiger partial charge in [0, 0.05) is 12.6 Å². The third-order valence-electron chi connectivity index (χ3n) is 4.57. The molecule has 0 radical (unpaired) electrons. The quantitative estimate of drug-likeness (QED) is 0.479. The zero-order valence-electron chi connectivity index (χ0n) is 15.9. The lowest BCUT2D eigenvalue weighted by molar-refractivity contribution is -0.385. The van der Waals surface area contributed by atoms with Crippen molar-refractivity contribution in [1.29, 1.82) is 0 Å². The molecule has 1 aromatic heterocycles. The summed E-state index contributed by atoms with van der Waals surface area (Å²) < 4.78 is 12.1. The molecule has 30 heavy (non-hydrogen) atoms. The minimum Gasteiger partial charge on any atom is -0.486 e. The summed E-state index contributed by atoms with van der Waals surface area (Å²) in [5, 5.41) is 11.9. The van der Waals surface area contributed by atoms with Crippen LogP contribution in [0.25, 0.3) is 10.9 Å². The number of hydrogen-bond donors (Lipinski definition) is 2. The molecule has 1 aliphatic rings. The molecule has 11 heteroatoms. The van der Waals surface area contributed by atoms with Crippen molar-refractivity contribution in [1.82, 2.24) is 15.0 Å². The van der Waals surface area contributed by atoms with Gasteiger partial charge < -0.3 is 9.47 Å². The molecule has 0 fully saturated rings. The molecular formula is C19H17N5O6. The maximum Gasteiger partial charge on any atom is 0.286 e. The molecule has 3 aromatic rings. The monoisotopic (exact) mass is 411 g/mol. The Bertz CT molecular complexity index is 1220. The fourth-order valence-corrected chi connectivity index (χ4v) is 3.15. The largest absolute Gasteiger partial charge is 0.486 e. The number of anilines is 1. The van der Waals surface area contributed by atoms with Gasteiger partial charge in [0.05, 0.1) is 21.9 Å². The van der Waals surface area contributed by atoms with Crippen LogP contribution in [-0.4, -0.2) is 33.6 Å². The lowest BCUT2D eigenvalue weighted by Crippen LogP contribution is -2.34. The standard InChI is InChI=1S/C19H17N5O6/c1-2-23-18(26)11-5-3-4-6-13(11)20-19(23)22-21-17(25)12-9-15-16(30-8-7-29-15)10-14(12)24(27)28/h3-6,9-10H,2,7-8H2,1H3,(H,20,22)(H,21,25). The zero-order chi connectivity index (χ0) is 21.3. The third kappa shape index (κ3) is 3.36. The third-order valence-corrected chi connectivity index (χ3v) is 4.57.